The maximum atomic E-state index is 11.9. The van der Waals surface area contributed by atoms with Crippen LogP contribution in [0.3, 0.4) is 0 Å². The van der Waals surface area contributed by atoms with E-state index in [0.29, 0.717) is 6.61 Å². The van der Waals surface area contributed by atoms with Crippen molar-refractivity contribution >= 4 is 5.91 Å². The van der Waals surface area contributed by atoms with Crippen molar-refractivity contribution < 1.29 is 9.53 Å². The number of amides is 1. The summed E-state index contributed by atoms with van der Waals surface area (Å²) in [7, 11) is 0. The molecule has 2 atom stereocenters. The zero-order valence-electron chi connectivity index (χ0n) is 10.4. The predicted molar refractivity (Wildman–Crippen MR) is 64.1 cm³/mol. The number of carbonyl (C=O) groups excluding carboxylic acids is 1. The number of piperidine rings is 1. The fraction of sp³-hybridized carbons (Fsp3) is 0.917. The molecule has 1 rings (SSSR count). The Hall–Kier alpha value is -0.610. The van der Waals surface area contributed by atoms with E-state index in [1.165, 1.54) is 6.42 Å². The van der Waals surface area contributed by atoms with E-state index in [-0.39, 0.29) is 24.6 Å². The van der Waals surface area contributed by atoms with E-state index < -0.39 is 0 Å². The minimum absolute atomic E-state index is 0.0513. The SMILES string of the molecule is CCCOCC(=O)N1CCCCC1C(C)N. The number of ether oxygens (including phenoxy) is 1. The number of rotatable bonds is 5. The molecule has 1 aliphatic rings. The van der Waals surface area contributed by atoms with Crippen molar-refractivity contribution in [2.45, 2.75) is 51.6 Å². The Balaban J connectivity index is 2.44. The van der Waals surface area contributed by atoms with Gasteiger partial charge >= 0.3 is 0 Å². The number of carbonyl (C=O) groups is 1. The number of likely N-dealkylation sites (tertiary alicyclic amines) is 1. The van der Waals surface area contributed by atoms with Gasteiger partial charge in [-0.25, -0.2) is 0 Å². The van der Waals surface area contributed by atoms with Gasteiger partial charge in [0, 0.05) is 25.2 Å². The Morgan fingerprint density at radius 2 is 2.31 bits per heavy atom. The third-order valence-corrected chi connectivity index (χ3v) is 3.05. The minimum atomic E-state index is 0.0513. The van der Waals surface area contributed by atoms with Crippen LogP contribution in [0.1, 0.15) is 39.5 Å². The van der Waals surface area contributed by atoms with Gasteiger partial charge in [-0.15, -0.1) is 0 Å². The van der Waals surface area contributed by atoms with Crippen molar-refractivity contribution in [3.63, 3.8) is 0 Å². The van der Waals surface area contributed by atoms with Crippen LogP contribution in [0, 0.1) is 0 Å². The lowest BCUT2D eigenvalue weighted by atomic mass is 9.97. The molecule has 0 bridgehead atoms. The summed E-state index contributed by atoms with van der Waals surface area (Å²) in [5, 5.41) is 0. The molecular formula is C12H24N2O2. The van der Waals surface area contributed by atoms with Crippen LogP contribution < -0.4 is 5.73 Å². The third kappa shape index (κ3) is 3.76. The number of nitrogens with zero attached hydrogens (tertiary/aromatic N) is 1. The van der Waals surface area contributed by atoms with Crippen molar-refractivity contribution in [2.75, 3.05) is 19.8 Å². The summed E-state index contributed by atoms with van der Waals surface area (Å²) in [5.74, 6) is 0.0930. The lowest BCUT2D eigenvalue weighted by Gasteiger charge is -2.38. The highest BCUT2D eigenvalue weighted by Gasteiger charge is 2.28. The molecule has 0 spiro atoms. The molecule has 0 aliphatic carbocycles. The molecule has 0 aromatic carbocycles. The molecule has 4 nitrogen and oxygen atoms in total. The van der Waals surface area contributed by atoms with Gasteiger partial charge in [-0.1, -0.05) is 6.92 Å². The minimum Gasteiger partial charge on any atom is -0.372 e. The van der Waals surface area contributed by atoms with E-state index in [4.69, 9.17) is 10.5 Å². The zero-order valence-corrected chi connectivity index (χ0v) is 10.4. The topological polar surface area (TPSA) is 55.6 Å². The highest BCUT2D eigenvalue weighted by molar-refractivity contribution is 5.78. The van der Waals surface area contributed by atoms with Gasteiger partial charge in [0.05, 0.1) is 0 Å². The molecule has 0 aromatic heterocycles. The Kier molecular flexibility index (Phi) is 5.77. The van der Waals surface area contributed by atoms with E-state index >= 15 is 0 Å². The van der Waals surface area contributed by atoms with E-state index in [1.807, 2.05) is 18.7 Å². The van der Waals surface area contributed by atoms with Crippen LogP contribution in [-0.4, -0.2) is 42.6 Å². The molecule has 94 valence electrons. The first-order chi connectivity index (χ1) is 7.66. The molecule has 2 unspecified atom stereocenters. The van der Waals surface area contributed by atoms with Crippen molar-refractivity contribution in [1.29, 1.82) is 0 Å². The molecule has 2 N–H and O–H groups in total. The Bertz CT molecular complexity index is 219. The van der Waals surface area contributed by atoms with Gasteiger partial charge in [-0.2, -0.15) is 0 Å². The zero-order chi connectivity index (χ0) is 12.0. The second kappa shape index (κ2) is 6.86. The van der Waals surface area contributed by atoms with Crippen molar-refractivity contribution in [3.05, 3.63) is 0 Å². The summed E-state index contributed by atoms with van der Waals surface area (Å²) in [5.41, 5.74) is 5.92. The fourth-order valence-electron chi connectivity index (χ4n) is 2.20. The van der Waals surface area contributed by atoms with Crippen LogP contribution >= 0.6 is 0 Å². The maximum absolute atomic E-state index is 11.9. The van der Waals surface area contributed by atoms with Crippen LogP contribution in [-0.2, 0) is 9.53 Å². The Morgan fingerprint density at radius 1 is 1.56 bits per heavy atom. The lowest BCUT2D eigenvalue weighted by molar-refractivity contribution is -0.140. The van der Waals surface area contributed by atoms with Crippen molar-refractivity contribution in [1.82, 2.24) is 4.90 Å². The van der Waals surface area contributed by atoms with E-state index in [1.54, 1.807) is 0 Å². The summed E-state index contributed by atoms with van der Waals surface area (Å²) < 4.78 is 5.29. The molecule has 4 heteroatoms. The smallest absolute Gasteiger partial charge is 0.248 e. The number of nitrogens with two attached hydrogens (primary N) is 1. The monoisotopic (exact) mass is 228 g/mol. The highest BCUT2D eigenvalue weighted by Crippen LogP contribution is 2.19. The van der Waals surface area contributed by atoms with Gasteiger partial charge in [0.25, 0.3) is 0 Å². The first kappa shape index (κ1) is 13.5. The van der Waals surface area contributed by atoms with Gasteiger partial charge in [-0.3, -0.25) is 4.79 Å². The van der Waals surface area contributed by atoms with Crippen LogP contribution in [0.5, 0.6) is 0 Å². The summed E-state index contributed by atoms with van der Waals surface area (Å²) in [4.78, 5) is 13.8. The quantitative estimate of drug-likeness (QED) is 0.718. The summed E-state index contributed by atoms with van der Waals surface area (Å²) in [6.45, 7) is 5.71. The van der Waals surface area contributed by atoms with Gasteiger partial charge < -0.3 is 15.4 Å². The second-order valence-corrected chi connectivity index (χ2v) is 4.56. The van der Waals surface area contributed by atoms with Crippen molar-refractivity contribution in [3.8, 4) is 0 Å². The summed E-state index contributed by atoms with van der Waals surface area (Å²) in [6.07, 6.45) is 4.23. The van der Waals surface area contributed by atoms with E-state index in [0.717, 1.165) is 25.8 Å². The highest BCUT2D eigenvalue weighted by atomic mass is 16.5. The molecule has 1 aliphatic heterocycles. The van der Waals surface area contributed by atoms with Crippen molar-refractivity contribution in [2.24, 2.45) is 5.73 Å². The number of hydrogen-bond donors (Lipinski definition) is 1. The standard InChI is InChI=1S/C12H24N2O2/c1-3-8-16-9-12(15)14-7-5-4-6-11(14)10(2)13/h10-11H,3-9,13H2,1-2H3. The average Bonchev–Trinajstić information content (AvgIpc) is 2.29. The molecule has 1 saturated heterocycles. The van der Waals surface area contributed by atoms with Crippen LogP contribution in [0.4, 0.5) is 0 Å². The normalized spacial score (nSPS) is 23.2. The average molecular weight is 228 g/mol. The lowest BCUT2D eigenvalue weighted by Crippen LogP contribution is -2.52. The second-order valence-electron chi connectivity index (χ2n) is 4.56. The van der Waals surface area contributed by atoms with Gasteiger partial charge in [0.2, 0.25) is 5.91 Å². The first-order valence-electron chi connectivity index (χ1n) is 6.29. The first-order valence-corrected chi connectivity index (χ1v) is 6.29. The fourth-order valence-corrected chi connectivity index (χ4v) is 2.20. The van der Waals surface area contributed by atoms with Crippen LogP contribution in [0.25, 0.3) is 0 Å². The molecule has 1 fully saturated rings. The predicted octanol–water partition coefficient (Wildman–Crippen LogP) is 1.14. The van der Waals surface area contributed by atoms with Gasteiger partial charge in [-0.05, 0) is 32.6 Å². The van der Waals surface area contributed by atoms with Crippen LogP contribution in [0.15, 0.2) is 0 Å². The van der Waals surface area contributed by atoms with E-state index in [2.05, 4.69) is 0 Å². The summed E-state index contributed by atoms with van der Waals surface area (Å²) >= 11 is 0. The van der Waals surface area contributed by atoms with Crippen LogP contribution in [0.2, 0.25) is 0 Å². The number of hydrogen-bond acceptors (Lipinski definition) is 3. The Morgan fingerprint density at radius 3 is 2.94 bits per heavy atom. The third-order valence-electron chi connectivity index (χ3n) is 3.05. The molecule has 0 saturated carbocycles. The van der Waals surface area contributed by atoms with Gasteiger partial charge in [0.15, 0.2) is 0 Å². The molecule has 0 aromatic rings. The molecule has 0 radical (unpaired) electrons. The molecule has 1 heterocycles. The van der Waals surface area contributed by atoms with E-state index in [9.17, 15) is 4.79 Å². The maximum Gasteiger partial charge on any atom is 0.248 e. The molecular weight excluding hydrogens is 204 g/mol. The molecule has 1 amide bonds. The Labute approximate surface area is 98.1 Å². The molecule has 16 heavy (non-hydrogen) atoms. The largest absolute Gasteiger partial charge is 0.372 e. The van der Waals surface area contributed by atoms with Gasteiger partial charge in [0.1, 0.15) is 6.61 Å². The summed E-state index contributed by atoms with van der Waals surface area (Å²) in [6, 6.07) is 0.252.